The maximum Gasteiger partial charge on any atom is 0.245 e. The highest BCUT2D eigenvalue weighted by Gasteiger charge is 2.30. The van der Waals surface area contributed by atoms with Gasteiger partial charge in [0, 0.05) is 13.1 Å². The molecule has 7 nitrogen and oxygen atoms in total. The van der Waals surface area contributed by atoms with Gasteiger partial charge in [0.1, 0.15) is 11.4 Å². The van der Waals surface area contributed by atoms with Crippen molar-refractivity contribution in [1.29, 1.82) is 5.26 Å². The summed E-state index contributed by atoms with van der Waals surface area (Å²) in [6.45, 7) is 5.00. The number of amides is 1. The van der Waals surface area contributed by atoms with Gasteiger partial charge in [-0.15, -0.1) is 0 Å². The summed E-state index contributed by atoms with van der Waals surface area (Å²) in [5.41, 5.74) is 0.610. The van der Waals surface area contributed by atoms with Crippen LogP contribution in [0.15, 0.2) is 41.5 Å². The van der Waals surface area contributed by atoms with E-state index in [1.165, 1.54) is 6.92 Å². The molecule has 1 N–H and O–H groups in total. The molecule has 3 rings (SSSR count). The zero-order valence-electron chi connectivity index (χ0n) is 14.0. The number of hydrogen-bond donors (Lipinski definition) is 1. The average Bonchev–Trinajstić information content (AvgIpc) is 2.55. The SMILES string of the molecule is CC(=O)Nc1cccnc1OC1=NC(C)(C)Oc2ccc(C#N)cc21. The molecule has 0 aliphatic carbocycles. The van der Waals surface area contributed by atoms with Crippen LogP contribution in [0, 0.1) is 11.3 Å². The Morgan fingerprint density at radius 3 is 2.88 bits per heavy atom. The summed E-state index contributed by atoms with van der Waals surface area (Å²) in [6.07, 6.45) is 1.55. The van der Waals surface area contributed by atoms with Crippen molar-refractivity contribution in [2.45, 2.75) is 26.5 Å². The number of fused-ring (bicyclic) bond motifs is 1. The van der Waals surface area contributed by atoms with Crippen molar-refractivity contribution < 1.29 is 14.3 Å². The molecule has 0 fully saturated rings. The van der Waals surface area contributed by atoms with Crippen molar-refractivity contribution in [1.82, 2.24) is 4.98 Å². The first kappa shape index (κ1) is 16.5. The van der Waals surface area contributed by atoms with E-state index in [1.54, 1.807) is 50.4 Å². The Kier molecular flexibility index (Phi) is 4.11. The first-order chi connectivity index (χ1) is 11.9. The molecule has 1 aliphatic heterocycles. The second kappa shape index (κ2) is 6.24. The fourth-order valence-electron chi connectivity index (χ4n) is 2.38. The van der Waals surface area contributed by atoms with Crippen molar-refractivity contribution in [2.75, 3.05) is 5.32 Å². The van der Waals surface area contributed by atoms with Crippen LogP contribution in [0.25, 0.3) is 0 Å². The van der Waals surface area contributed by atoms with Gasteiger partial charge in [-0.25, -0.2) is 9.98 Å². The maximum atomic E-state index is 11.4. The summed E-state index contributed by atoms with van der Waals surface area (Å²) in [6, 6.07) is 10.5. The molecule has 126 valence electrons. The molecule has 0 saturated carbocycles. The van der Waals surface area contributed by atoms with Crippen molar-refractivity contribution >= 4 is 17.5 Å². The monoisotopic (exact) mass is 336 g/mol. The molecule has 1 aromatic carbocycles. The zero-order chi connectivity index (χ0) is 18.0. The number of pyridine rings is 1. The van der Waals surface area contributed by atoms with Gasteiger partial charge in [0.25, 0.3) is 0 Å². The summed E-state index contributed by atoms with van der Waals surface area (Å²) in [7, 11) is 0. The Labute approximate surface area is 144 Å². The van der Waals surface area contributed by atoms with Crippen LogP contribution < -0.4 is 14.8 Å². The Balaban J connectivity index is 2.04. The molecule has 1 amide bonds. The molecule has 0 radical (unpaired) electrons. The van der Waals surface area contributed by atoms with Crippen LogP contribution in [0.5, 0.6) is 11.6 Å². The predicted octanol–water partition coefficient (Wildman–Crippen LogP) is 2.87. The molecule has 2 heterocycles. The van der Waals surface area contributed by atoms with Crippen LogP contribution in [0.3, 0.4) is 0 Å². The Bertz CT molecular complexity index is 913. The van der Waals surface area contributed by atoms with E-state index < -0.39 is 5.72 Å². The van der Waals surface area contributed by atoms with Crippen molar-refractivity contribution in [3.63, 3.8) is 0 Å². The lowest BCUT2D eigenvalue weighted by atomic mass is 10.1. The summed E-state index contributed by atoms with van der Waals surface area (Å²) < 4.78 is 11.7. The number of hydrogen-bond acceptors (Lipinski definition) is 6. The minimum absolute atomic E-state index is 0.211. The molecule has 0 spiro atoms. The predicted molar refractivity (Wildman–Crippen MR) is 91.6 cm³/mol. The fourth-order valence-corrected chi connectivity index (χ4v) is 2.38. The third kappa shape index (κ3) is 3.58. The third-order valence-electron chi connectivity index (χ3n) is 3.34. The number of rotatable bonds is 2. The van der Waals surface area contributed by atoms with Crippen LogP contribution in [-0.4, -0.2) is 22.5 Å². The topological polar surface area (TPSA) is 96.6 Å². The van der Waals surface area contributed by atoms with E-state index in [9.17, 15) is 4.79 Å². The number of aromatic nitrogens is 1. The van der Waals surface area contributed by atoms with Gasteiger partial charge in [-0.05, 0) is 44.2 Å². The number of nitriles is 1. The van der Waals surface area contributed by atoms with Crippen LogP contribution in [0.1, 0.15) is 31.9 Å². The summed E-state index contributed by atoms with van der Waals surface area (Å²) in [5, 5.41) is 11.8. The van der Waals surface area contributed by atoms with Gasteiger partial charge in [-0.3, -0.25) is 4.79 Å². The summed E-state index contributed by atoms with van der Waals surface area (Å²) in [4.78, 5) is 20.0. The normalized spacial score (nSPS) is 14.4. The quantitative estimate of drug-likeness (QED) is 0.909. The van der Waals surface area contributed by atoms with Gasteiger partial charge < -0.3 is 14.8 Å². The lowest BCUT2D eigenvalue weighted by molar-refractivity contribution is -0.114. The molecule has 0 unspecified atom stereocenters. The van der Waals surface area contributed by atoms with Crippen LogP contribution in [-0.2, 0) is 4.79 Å². The smallest absolute Gasteiger partial charge is 0.245 e. The van der Waals surface area contributed by atoms with Crippen LogP contribution >= 0.6 is 0 Å². The minimum Gasteiger partial charge on any atom is -0.466 e. The highest BCUT2D eigenvalue weighted by Crippen LogP contribution is 2.33. The van der Waals surface area contributed by atoms with Gasteiger partial charge in [-0.1, -0.05) is 0 Å². The van der Waals surface area contributed by atoms with E-state index in [-0.39, 0.29) is 17.7 Å². The molecular weight excluding hydrogens is 320 g/mol. The highest BCUT2D eigenvalue weighted by atomic mass is 16.5. The third-order valence-corrected chi connectivity index (χ3v) is 3.34. The lowest BCUT2D eigenvalue weighted by Gasteiger charge is -2.29. The molecule has 1 aromatic heterocycles. The van der Waals surface area contributed by atoms with E-state index in [0.717, 1.165) is 0 Å². The zero-order valence-corrected chi connectivity index (χ0v) is 14.0. The lowest BCUT2D eigenvalue weighted by Crippen LogP contribution is -2.34. The molecule has 0 bridgehead atoms. The summed E-state index contributed by atoms with van der Waals surface area (Å²) in [5.74, 6) is 0.807. The Hall–Kier alpha value is -3.40. The van der Waals surface area contributed by atoms with Gasteiger partial charge in [0.05, 0.1) is 17.2 Å². The van der Waals surface area contributed by atoms with E-state index in [1.807, 2.05) is 0 Å². The molecule has 0 atom stereocenters. The maximum absolute atomic E-state index is 11.4. The average molecular weight is 336 g/mol. The molecule has 2 aromatic rings. The largest absolute Gasteiger partial charge is 0.466 e. The number of anilines is 1. The minimum atomic E-state index is -0.834. The van der Waals surface area contributed by atoms with Gasteiger partial charge in [-0.2, -0.15) is 5.26 Å². The van der Waals surface area contributed by atoms with E-state index in [4.69, 9.17) is 14.7 Å². The number of carbonyl (C=O) groups excluding carboxylic acids is 1. The van der Waals surface area contributed by atoms with Crippen molar-refractivity contribution in [2.24, 2.45) is 4.99 Å². The van der Waals surface area contributed by atoms with E-state index in [2.05, 4.69) is 21.4 Å². The van der Waals surface area contributed by atoms with Crippen LogP contribution in [0.2, 0.25) is 0 Å². The Morgan fingerprint density at radius 1 is 1.36 bits per heavy atom. The molecule has 25 heavy (non-hydrogen) atoms. The first-order valence-electron chi connectivity index (χ1n) is 7.62. The summed E-state index contributed by atoms with van der Waals surface area (Å²) >= 11 is 0. The van der Waals surface area contributed by atoms with Crippen LogP contribution in [0.4, 0.5) is 5.69 Å². The number of ether oxygens (including phenoxy) is 2. The molecule has 7 heteroatoms. The molecular formula is C18H16N4O3. The second-order valence-electron chi connectivity index (χ2n) is 5.93. The second-order valence-corrected chi connectivity index (χ2v) is 5.93. The highest BCUT2D eigenvalue weighted by molar-refractivity contribution is 6.00. The standard InChI is InChI=1S/C18H16N4O3/c1-11(23)21-14-5-4-8-20-17(14)24-16-13-9-12(10-19)6-7-15(13)25-18(2,3)22-16/h4-9H,1-3H3,(H,21,23). The number of aliphatic imine (C=N–C) groups is 1. The molecule has 0 saturated heterocycles. The van der Waals surface area contributed by atoms with Gasteiger partial charge in [0.2, 0.25) is 17.7 Å². The number of benzene rings is 1. The van der Waals surface area contributed by atoms with E-state index in [0.29, 0.717) is 22.6 Å². The fraction of sp³-hybridized carbons (Fsp3) is 0.222. The van der Waals surface area contributed by atoms with Gasteiger partial charge in [0.15, 0.2) is 5.72 Å². The van der Waals surface area contributed by atoms with Crippen molar-refractivity contribution in [3.05, 3.63) is 47.7 Å². The number of carbonyl (C=O) groups is 1. The van der Waals surface area contributed by atoms with Gasteiger partial charge >= 0.3 is 0 Å². The molecule has 1 aliphatic rings. The van der Waals surface area contributed by atoms with Crippen molar-refractivity contribution in [3.8, 4) is 17.7 Å². The van der Waals surface area contributed by atoms with E-state index >= 15 is 0 Å². The Morgan fingerprint density at radius 2 is 2.16 bits per heavy atom. The first-order valence-corrected chi connectivity index (χ1v) is 7.62. The number of nitrogens with one attached hydrogen (secondary N) is 1. The number of nitrogens with zero attached hydrogens (tertiary/aromatic N) is 3.